The number of nitrogens with zero attached hydrogens (tertiary/aromatic N) is 1. The molecule has 3 aromatic carbocycles. The molecule has 1 amide bonds. The van der Waals surface area contributed by atoms with E-state index in [2.05, 4.69) is 10.3 Å². The van der Waals surface area contributed by atoms with E-state index in [1.807, 2.05) is 78.9 Å². The topological polar surface area (TPSA) is 141 Å². The van der Waals surface area contributed by atoms with Crippen molar-refractivity contribution in [3.8, 4) is 11.5 Å². The number of hydrogen-bond donors (Lipinski definition) is 3. The summed E-state index contributed by atoms with van der Waals surface area (Å²) in [6.07, 6.45) is -1.61. The molecule has 11 heteroatoms. The molecule has 0 unspecified atom stereocenters. The summed E-state index contributed by atoms with van der Waals surface area (Å²) in [4.78, 5) is 39.1. The largest absolute Gasteiger partial charge is 0.497 e. The summed E-state index contributed by atoms with van der Waals surface area (Å²) >= 11 is 0. The molecular formula is C32H33N3O8. The van der Waals surface area contributed by atoms with E-state index in [4.69, 9.17) is 18.9 Å². The highest BCUT2D eigenvalue weighted by Crippen LogP contribution is 2.42. The van der Waals surface area contributed by atoms with Crippen LogP contribution in [0.3, 0.4) is 0 Å². The molecule has 3 N–H and O–H groups in total. The van der Waals surface area contributed by atoms with Crippen molar-refractivity contribution in [1.29, 1.82) is 0 Å². The first-order valence-electron chi connectivity index (χ1n) is 13.7. The molecule has 11 nitrogen and oxygen atoms in total. The maximum Gasteiger partial charge on any atom is 0.330 e. The monoisotopic (exact) mass is 587 g/mol. The summed E-state index contributed by atoms with van der Waals surface area (Å²) in [5.41, 5.74) is -0.510. The molecule has 224 valence electrons. The Kier molecular flexibility index (Phi) is 8.76. The summed E-state index contributed by atoms with van der Waals surface area (Å²) in [6.45, 7) is -0.0645. The molecule has 1 fully saturated rings. The highest BCUT2D eigenvalue weighted by Gasteiger charge is 2.42. The summed E-state index contributed by atoms with van der Waals surface area (Å²) in [6, 6.07) is 24.8. The Balaban J connectivity index is 1.52. The third-order valence-corrected chi connectivity index (χ3v) is 7.59. The molecule has 4 aromatic rings. The van der Waals surface area contributed by atoms with Gasteiger partial charge in [-0.2, -0.15) is 0 Å². The van der Waals surface area contributed by atoms with Gasteiger partial charge in [0, 0.05) is 19.7 Å². The standard InChI is InChI=1S/C32H33N3O8/c1-33-29(37)25-18-35(31(39)34-30(25)38)28-17-26(36)27(43-28)19-42-32(20-7-5-4-6-8-20,21-9-13-23(40-2)14-10-21)22-11-15-24(41-3)16-12-22/h4-16,18,26-28,36H,17,19H2,1-3H3,(H,33,37)(H,34,38,39)/t26-,27+,28+/m0/s1. The van der Waals surface area contributed by atoms with E-state index in [1.54, 1.807) is 14.2 Å². The van der Waals surface area contributed by atoms with Gasteiger partial charge in [-0.15, -0.1) is 0 Å². The first-order valence-corrected chi connectivity index (χ1v) is 13.7. The van der Waals surface area contributed by atoms with Gasteiger partial charge in [-0.25, -0.2) is 4.79 Å². The molecule has 1 aromatic heterocycles. The third kappa shape index (κ3) is 5.82. The summed E-state index contributed by atoms with van der Waals surface area (Å²) < 4.78 is 24.8. The second kappa shape index (κ2) is 12.7. The molecule has 1 aliphatic rings. The predicted octanol–water partition coefficient (Wildman–Crippen LogP) is 2.57. The molecule has 1 aliphatic heterocycles. The fourth-order valence-corrected chi connectivity index (χ4v) is 5.31. The Hall–Kier alpha value is -4.71. The minimum Gasteiger partial charge on any atom is -0.497 e. The first-order chi connectivity index (χ1) is 20.8. The number of benzene rings is 3. The van der Waals surface area contributed by atoms with Crippen LogP contribution in [0.25, 0.3) is 0 Å². The fourth-order valence-electron chi connectivity index (χ4n) is 5.31. The van der Waals surface area contributed by atoms with Crippen molar-refractivity contribution in [2.45, 2.75) is 30.5 Å². The van der Waals surface area contributed by atoms with E-state index in [0.29, 0.717) is 11.5 Å². The van der Waals surface area contributed by atoms with Gasteiger partial charge in [-0.1, -0.05) is 54.6 Å². The highest BCUT2D eigenvalue weighted by atomic mass is 16.6. The van der Waals surface area contributed by atoms with Crippen LogP contribution in [0, 0.1) is 0 Å². The molecule has 5 rings (SSSR count). The van der Waals surface area contributed by atoms with Gasteiger partial charge >= 0.3 is 5.69 Å². The van der Waals surface area contributed by atoms with Gasteiger partial charge in [0.15, 0.2) is 0 Å². The zero-order chi connectivity index (χ0) is 30.6. The Morgan fingerprint density at radius 3 is 2.05 bits per heavy atom. The second-order valence-electron chi connectivity index (χ2n) is 10.0. The number of aromatic amines is 1. The number of methoxy groups -OCH3 is 2. The highest BCUT2D eigenvalue weighted by molar-refractivity contribution is 5.93. The lowest BCUT2D eigenvalue weighted by Crippen LogP contribution is -2.38. The fraction of sp³-hybridized carbons (Fsp3) is 0.281. The van der Waals surface area contributed by atoms with E-state index < -0.39 is 41.2 Å². The zero-order valence-corrected chi connectivity index (χ0v) is 24.0. The number of carbonyl (C=O) groups excluding carboxylic acids is 1. The smallest absolute Gasteiger partial charge is 0.330 e. The van der Waals surface area contributed by atoms with Gasteiger partial charge in [0.1, 0.15) is 35.0 Å². The average molecular weight is 588 g/mol. The van der Waals surface area contributed by atoms with Crippen molar-refractivity contribution in [3.05, 3.63) is 128 Å². The quantitative estimate of drug-likeness (QED) is 0.241. The van der Waals surface area contributed by atoms with Gasteiger partial charge < -0.3 is 29.4 Å². The number of amides is 1. The van der Waals surface area contributed by atoms with E-state index >= 15 is 0 Å². The van der Waals surface area contributed by atoms with Crippen LogP contribution in [0.15, 0.2) is 94.6 Å². The molecule has 43 heavy (non-hydrogen) atoms. The number of carbonyl (C=O) groups is 1. The number of nitrogens with one attached hydrogen (secondary N) is 2. The van der Waals surface area contributed by atoms with Crippen molar-refractivity contribution < 1.29 is 28.8 Å². The van der Waals surface area contributed by atoms with E-state index in [0.717, 1.165) is 27.5 Å². The van der Waals surface area contributed by atoms with Gasteiger partial charge in [0.2, 0.25) is 0 Å². The maximum atomic E-state index is 12.6. The first kappa shape index (κ1) is 29.8. The summed E-state index contributed by atoms with van der Waals surface area (Å²) in [5, 5.41) is 13.4. The maximum absolute atomic E-state index is 12.6. The van der Waals surface area contributed by atoms with Crippen molar-refractivity contribution in [1.82, 2.24) is 14.9 Å². The number of aromatic nitrogens is 2. The van der Waals surface area contributed by atoms with Crippen LogP contribution >= 0.6 is 0 Å². The Bertz CT molecular complexity index is 1620. The number of hydrogen-bond acceptors (Lipinski definition) is 8. The molecule has 0 bridgehead atoms. The minimum absolute atomic E-state index is 0.0383. The number of H-pyrrole nitrogens is 1. The lowest BCUT2D eigenvalue weighted by atomic mass is 9.80. The third-order valence-electron chi connectivity index (χ3n) is 7.59. The number of ether oxygens (including phenoxy) is 4. The van der Waals surface area contributed by atoms with Crippen LogP contribution in [0.1, 0.15) is 39.7 Å². The van der Waals surface area contributed by atoms with Crippen molar-refractivity contribution >= 4 is 5.91 Å². The van der Waals surface area contributed by atoms with Crippen molar-refractivity contribution in [2.24, 2.45) is 0 Å². The van der Waals surface area contributed by atoms with Crippen molar-refractivity contribution in [2.75, 3.05) is 27.9 Å². The SMILES string of the molecule is CNC(=O)c1cn([C@H]2C[C@H](O)[C@@H](COC(c3ccccc3)(c3ccc(OC)cc3)c3ccc(OC)cc3)O2)c(=O)[nH]c1=O. The lowest BCUT2D eigenvalue weighted by Gasteiger charge is -2.37. The Morgan fingerprint density at radius 2 is 1.51 bits per heavy atom. The average Bonchev–Trinajstić information content (AvgIpc) is 3.41. The van der Waals surface area contributed by atoms with E-state index in [-0.39, 0.29) is 18.6 Å². The van der Waals surface area contributed by atoms with Gasteiger partial charge in [-0.05, 0) is 41.0 Å². The molecule has 0 spiro atoms. The van der Waals surface area contributed by atoms with Crippen LogP contribution in [0.2, 0.25) is 0 Å². The van der Waals surface area contributed by atoms with Gasteiger partial charge in [0.25, 0.3) is 11.5 Å². The molecule has 0 radical (unpaired) electrons. The van der Waals surface area contributed by atoms with Crippen molar-refractivity contribution in [3.63, 3.8) is 0 Å². The van der Waals surface area contributed by atoms with Crippen LogP contribution in [0.4, 0.5) is 0 Å². The summed E-state index contributed by atoms with van der Waals surface area (Å²) in [7, 11) is 4.57. The Labute approximate surface area is 247 Å². The number of aliphatic hydroxyl groups is 1. The molecule has 3 atom stereocenters. The Morgan fingerprint density at radius 1 is 0.953 bits per heavy atom. The molecule has 1 saturated heterocycles. The molecule has 0 saturated carbocycles. The van der Waals surface area contributed by atoms with Gasteiger partial charge in [0.05, 0.1) is 26.9 Å². The van der Waals surface area contributed by atoms with E-state index in [1.165, 1.54) is 7.05 Å². The zero-order valence-electron chi connectivity index (χ0n) is 24.0. The predicted molar refractivity (Wildman–Crippen MR) is 158 cm³/mol. The normalized spacial score (nSPS) is 18.3. The second-order valence-corrected chi connectivity index (χ2v) is 10.0. The van der Waals surface area contributed by atoms with Crippen LogP contribution in [-0.2, 0) is 15.1 Å². The molecule has 2 heterocycles. The van der Waals surface area contributed by atoms with E-state index in [9.17, 15) is 19.5 Å². The van der Waals surface area contributed by atoms with Crippen LogP contribution in [0.5, 0.6) is 11.5 Å². The summed E-state index contributed by atoms with van der Waals surface area (Å²) in [5.74, 6) is 0.709. The minimum atomic E-state index is -1.14. The van der Waals surface area contributed by atoms with Crippen LogP contribution < -0.4 is 26.0 Å². The molecule has 0 aliphatic carbocycles. The van der Waals surface area contributed by atoms with Gasteiger partial charge in [-0.3, -0.25) is 19.1 Å². The number of aliphatic hydroxyl groups excluding tert-OH is 1. The van der Waals surface area contributed by atoms with Crippen LogP contribution in [-0.4, -0.2) is 60.6 Å². The lowest BCUT2D eigenvalue weighted by molar-refractivity contribution is -0.0944. The molecular weight excluding hydrogens is 554 g/mol. The number of rotatable bonds is 10.